The van der Waals surface area contributed by atoms with Gasteiger partial charge in [0.05, 0.1) is 0 Å². The average molecular weight is 289 g/mol. The van der Waals surface area contributed by atoms with E-state index < -0.39 is 0 Å². The number of thiophene rings is 1. The normalized spacial score (nSPS) is 10.9. The van der Waals surface area contributed by atoms with Crippen LogP contribution in [0.3, 0.4) is 0 Å². The predicted molar refractivity (Wildman–Crippen MR) is 85.5 cm³/mol. The zero-order chi connectivity index (χ0) is 14.4. The molecular formula is C16H23N3S. The second-order valence-electron chi connectivity index (χ2n) is 5.00. The van der Waals surface area contributed by atoms with Crippen molar-refractivity contribution in [3.63, 3.8) is 0 Å². The van der Waals surface area contributed by atoms with Crippen LogP contribution in [-0.2, 0) is 12.8 Å². The lowest BCUT2D eigenvalue weighted by Gasteiger charge is -2.10. The molecule has 4 heteroatoms. The summed E-state index contributed by atoms with van der Waals surface area (Å²) in [6.45, 7) is 8.45. The van der Waals surface area contributed by atoms with Gasteiger partial charge in [0.25, 0.3) is 0 Å². The van der Waals surface area contributed by atoms with Gasteiger partial charge in [-0.05, 0) is 56.8 Å². The Balaban J connectivity index is 2.04. The van der Waals surface area contributed by atoms with Gasteiger partial charge in [0, 0.05) is 22.7 Å². The molecular weight excluding hydrogens is 266 g/mol. The molecule has 2 aromatic rings. The summed E-state index contributed by atoms with van der Waals surface area (Å²) in [4.78, 5) is 10.7. The summed E-state index contributed by atoms with van der Waals surface area (Å²) in [5.41, 5.74) is 3.60. The Bertz CT molecular complexity index is 512. The molecule has 0 aliphatic carbocycles. The second kappa shape index (κ2) is 7.50. The van der Waals surface area contributed by atoms with Crippen LogP contribution in [0, 0.1) is 13.8 Å². The molecule has 0 unspecified atom stereocenters. The smallest absolute Gasteiger partial charge is 0.134 e. The van der Waals surface area contributed by atoms with Crippen molar-refractivity contribution in [1.29, 1.82) is 0 Å². The number of hydrogen-bond donors (Lipinski definition) is 1. The third-order valence-corrected chi connectivity index (χ3v) is 4.29. The number of nitrogens with zero attached hydrogens (tertiary/aromatic N) is 2. The maximum atomic E-state index is 4.68. The molecule has 0 saturated heterocycles. The maximum absolute atomic E-state index is 4.68. The Hall–Kier alpha value is -1.26. The molecule has 108 valence electrons. The summed E-state index contributed by atoms with van der Waals surface area (Å²) in [6.07, 6.45) is 3.05. The van der Waals surface area contributed by atoms with Gasteiger partial charge in [0.2, 0.25) is 0 Å². The lowest BCUT2D eigenvalue weighted by Crippen LogP contribution is -2.15. The Morgan fingerprint density at radius 2 is 1.95 bits per heavy atom. The molecule has 0 aromatic carbocycles. The van der Waals surface area contributed by atoms with Crippen molar-refractivity contribution in [2.45, 2.75) is 40.0 Å². The van der Waals surface area contributed by atoms with Gasteiger partial charge < -0.3 is 5.32 Å². The molecule has 1 N–H and O–H groups in total. The molecule has 20 heavy (non-hydrogen) atoms. The predicted octanol–water partition coefficient (Wildman–Crippen LogP) is 3.29. The molecule has 0 fully saturated rings. The summed E-state index contributed by atoms with van der Waals surface area (Å²) in [5, 5.41) is 5.46. The fraction of sp³-hybridized carbons (Fsp3) is 0.500. The van der Waals surface area contributed by atoms with E-state index in [-0.39, 0.29) is 0 Å². The molecule has 2 heterocycles. The SMILES string of the molecule is CCNCCCc1c(C)nc(Cc2cccs2)nc1C. The maximum Gasteiger partial charge on any atom is 0.134 e. The van der Waals surface area contributed by atoms with E-state index in [2.05, 4.69) is 53.6 Å². The number of hydrogen-bond acceptors (Lipinski definition) is 4. The number of aromatic nitrogens is 2. The van der Waals surface area contributed by atoms with E-state index in [1.165, 1.54) is 10.4 Å². The number of nitrogens with one attached hydrogen (secondary N) is 1. The number of rotatable bonds is 7. The van der Waals surface area contributed by atoms with Crippen molar-refractivity contribution in [1.82, 2.24) is 15.3 Å². The van der Waals surface area contributed by atoms with Crippen molar-refractivity contribution in [2.24, 2.45) is 0 Å². The molecule has 0 bridgehead atoms. The largest absolute Gasteiger partial charge is 0.317 e. The molecule has 0 aliphatic rings. The minimum Gasteiger partial charge on any atom is -0.317 e. The molecule has 0 atom stereocenters. The van der Waals surface area contributed by atoms with Crippen LogP contribution < -0.4 is 5.32 Å². The summed E-state index contributed by atoms with van der Waals surface area (Å²) in [5.74, 6) is 0.942. The standard InChI is InChI=1S/C16H23N3S/c1-4-17-9-5-8-15-12(2)18-16(19-13(15)3)11-14-7-6-10-20-14/h6-7,10,17H,4-5,8-9,11H2,1-3H3. The Labute approximate surface area is 125 Å². The van der Waals surface area contributed by atoms with Crippen LogP contribution in [0.2, 0.25) is 0 Å². The quantitative estimate of drug-likeness (QED) is 0.795. The van der Waals surface area contributed by atoms with E-state index in [0.717, 1.165) is 49.6 Å². The molecule has 0 saturated carbocycles. The van der Waals surface area contributed by atoms with Crippen LogP contribution in [-0.4, -0.2) is 23.1 Å². The Morgan fingerprint density at radius 1 is 1.20 bits per heavy atom. The summed E-state index contributed by atoms with van der Waals surface area (Å²) >= 11 is 1.76. The molecule has 0 aliphatic heterocycles. The Kier molecular flexibility index (Phi) is 5.68. The average Bonchev–Trinajstić information content (AvgIpc) is 2.90. The topological polar surface area (TPSA) is 37.8 Å². The van der Waals surface area contributed by atoms with Crippen LogP contribution >= 0.6 is 11.3 Å². The molecule has 2 rings (SSSR count). The van der Waals surface area contributed by atoms with Crippen molar-refractivity contribution in [2.75, 3.05) is 13.1 Å². The van der Waals surface area contributed by atoms with Crippen molar-refractivity contribution in [3.05, 3.63) is 45.2 Å². The summed E-state index contributed by atoms with van der Waals surface area (Å²) < 4.78 is 0. The highest BCUT2D eigenvalue weighted by atomic mass is 32.1. The second-order valence-corrected chi connectivity index (χ2v) is 6.03. The third-order valence-electron chi connectivity index (χ3n) is 3.41. The minimum absolute atomic E-state index is 0.844. The van der Waals surface area contributed by atoms with Crippen molar-refractivity contribution < 1.29 is 0 Å². The molecule has 3 nitrogen and oxygen atoms in total. The highest BCUT2D eigenvalue weighted by Gasteiger charge is 2.09. The minimum atomic E-state index is 0.844. The van der Waals surface area contributed by atoms with Gasteiger partial charge in [0.1, 0.15) is 5.82 Å². The summed E-state index contributed by atoms with van der Waals surface area (Å²) in [6, 6.07) is 4.22. The van der Waals surface area contributed by atoms with Crippen molar-refractivity contribution in [3.8, 4) is 0 Å². The van der Waals surface area contributed by atoms with Gasteiger partial charge in [-0.3, -0.25) is 0 Å². The third kappa shape index (κ3) is 4.12. The van der Waals surface area contributed by atoms with Gasteiger partial charge in [-0.25, -0.2) is 9.97 Å². The molecule has 0 amide bonds. The molecule has 0 spiro atoms. The van der Waals surface area contributed by atoms with Gasteiger partial charge in [0.15, 0.2) is 0 Å². The number of aryl methyl sites for hydroxylation is 2. The fourth-order valence-electron chi connectivity index (χ4n) is 2.39. The van der Waals surface area contributed by atoms with Gasteiger partial charge in [-0.15, -0.1) is 11.3 Å². The van der Waals surface area contributed by atoms with Crippen LogP contribution in [0.15, 0.2) is 17.5 Å². The van der Waals surface area contributed by atoms with Crippen molar-refractivity contribution >= 4 is 11.3 Å². The highest BCUT2D eigenvalue weighted by molar-refractivity contribution is 7.09. The lowest BCUT2D eigenvalue weighted by molar-refractivity contribution is 0.666. The van der Waals surface area contributed by atoms with E-state index >= 15 is 0 Å². The fourth-order valence-corrected chi connectivity index (χ4v) is 3.09. The van der Waals surface area contributed by atoms with E-state index in [0.29, 0.717) is 0 Å². The van der Waals surface area contributed by atoms with Gasteiger partial charge >= 0.3 is 0 Å². The Morgan fingerprint density at radius 3 is 2.55 bits per heavy atom. The van der Waals surface area contributed by atoms with Crippen LogP contribution in [0.1, 0.15) is 41.0 Å². The van der Waals surface area contributed by atoms with E-state index in [1.807, 2.05) is 0 Å². The van der Waals surface area contributed by atoms with Gasteiger partial charge in [-0.1, -0.05) is 13.0 Å². The van der Waals surface area contributed by atoms with E-state index in [1.54, 1.807) is 11.3 Å². The van der Waals surface area contributed by atoms with Gasteiger partial charge in [-0.2, -0.15) is 0 Å². The van der Waals surface area contributed by atoms with Crippen LogP contribution in [0.5, 0.6) is 0 Å². The first-order chi connectivity index (χ1) is 9.70. The molecule has 0 radical (unpaired) electrons. The summed E-state index contributed by atoms with van der Waals surface area (Å²) in [7, 11) is 0. The molecule has 2 aromatic heterocycles. The monoisotopic (exact) mass is 289 g/mol. The zero-order valence-electron chi connectivity index (χ0n) is 12.6. The highest BCUT2D eigenvalue weighted by Crippen LogP contribution is 2.16. The van der Waals surface area contributed by atoms with E-state index in [4.69, 9.17) is 0 Å². The van der Waals surface area contributed by atoms with Crippen LogP contribution in [0.4, 0.5) is 0 Å². The first kappa shape index (κ1) is 15.1. The first-order valence-electron chi connectivity index (χ1n) is 7.26. The van der Waals surface area contributed by atoms with E-state index in [9.17, 15) is 0 Å². The zero-order valence-corrected chi connectivity index (χ0v) is 13.4. The lowest BCUT2D eigenvalue weighted by atomic mass is 10.1. The first-order valence-corrected chi connectivity index (χ1v) is 8.14. The van der Waals surface area contributed by atoms with Crippen LogP contribution in [0.25, 0.3) is 0 Å².